The van der Waals surface area contributed by atoms with Gasteiger partial charge in [-0.1, -0.05) is 18.0 Å². The number of hydrogen-bond acceptors (Lipinski definition) is 5. The minimum Gasteiger partial charge on any atom is -0.467 e. The van der Waals surface area contributed by atoms with E-state index in [0.717, 1.165) is 18.9 Å². The first-order chi connectivity index (χ1) is 8.70. The molecular formula is C12H19ClN4O. The van der Waals surface area contributed by atoms with Crippen LogP contribution in [0.3, 0.4) is 0 Å². The van der Waals surface area contributed by atoms with Crippen LogP contribution in [0.1, 0.15) is 19.3 Å². The molecule has 2 rings (SSSR count). The van der Waals surface area contributed by atoms with Crippen molar-refractivity contribution < 1.29 is 4.74 Å². The lowest BCUT2D eigenvalue weighted by molar-refractivity contribution is 0.378. The van der Waals surface area contributed by atoms with Crippen LogP contribution in [0.2, 0.25) is 5.02 Å². The predicted octanol–water partition coefficient (Wildman–Crippen LogP) is 1.72. The Balaban J connectivity index is 2.04. The second kappa shape index (κ2) is 6.20. The summed E-state index contributed by atoms with van der Waals surface area (Å²) in [6.45, 7) is 1.99. The van der Waals surface area contributed by atoms with Crippen LogP contribution in [0.15, 0.2) is 6.20 Å². The van der Waals surface area contributed by atoms with Crippen molar-refractivity contribution in [3.05, 3.63) is 11.2 Å². The number of nitrogens with one attached hydrogen (secondary N) is 1. The van der Waals surface area contributed by atoms with Gasteiger partial charge in [0.25, 0.3) is 0 Å². The number of nitrogens with zero attached hydrogens (tertiary/aromatic N) is 3. The number of aromatic nitrogens is 2. The molecule has 1 aliphatic rings. The predicted molar refractivity (Wildman–Crippen MR) is 72.5 cm³/mol. The van der Waals surface area contributed by atoms with Gasteiger partial charge < -0.3 is 15.0 Å². The molecule has 1 atom stereocenters. The number of hydrogen-bond donors (Lipinski definition) is 1. The van der Waals surface area contributed by atoms with Crippen LogP contribution in [0.5, 0.6) is 6.01 Å². The first-order valence-corrected chi connectivity index (χ1v) is 6.59. The highest BCUT2D eigenvalue weighted by atomic mass is 35.5. The molecule has 0 amide bonds. The maximum Gasteiger partial charge on any atom is 0.318 e. The zero-order valence-electron chi connectivity index (χ0n) is 10.8. The molecule has 1 aromatic rings. The third kappa shape index (κ3) is 3.23. The zero-order valence-corrected chi connectivity index (χ0v) is 11.6. The normalized spacial score (nSPS) is 19.6. The van der Waals surface area contributed by atoms with Crippen LogP contribution in [0.4, 0.5) is 5.82 Å². The van der Waals surface area contributed by atoms with Gasteiger partial charge in [0.05, 0.1) is 13.3 Å². The van der Waals surface area contributed by atoms with Crippen molar-refractivity contribution in [3.8, 4) is 6.01 Å². The second-order valence-electron chi connectivity index (χ2n) is 4.56. The highest BCUT2D eigenvalue weighted by Gasteiger charge is 2.17. The Bertz CT molecular complexity index is 396. The maximum atomic E-state index is 6.12. The number of piperidine rings is 1. The molecule has 1 N–H and O–H groups in total. The Morgan fingerprint density at radius 1 is 1.56 bits per heavy atom. The van der Waals surface area contributed by atoms with Crippen molar-refractivity contribution in [2.24, 2.45) is 0 Å². The molecule has 2 heterocycles. The summed E-state index contributed by atoms with van der Waals surface area (Å²) in [4.78, 5) is 10.3. The molecule has 18 heavy (non-hydrogen) atoms. The van der Waals surface area contributed by atoms with Crippen molar-refractivity contribution in [1.82, 2.24) is 15.3 Å². The second-order valence-corrected chi connectivity index (χ2v) is 4.96. The van der Waals surface area contributed by atoms with Crippen molar-refractivity contribution in [2.75, 3.05) is 32.1 Å². The van der Waals surface area contributed by atoms with E-state index in [1.54, 1.807) is 13.3 Å². The third-order valence-corrected chi connectivity index (χ3v) is 3.42. The fourth-order valence-electron chi connectivity index (χ4n) is 2.21. The van der Waals surface area contributed by atoms with E-state index in [-0.39, 0.29) is 0 Å². The Labute approximate surface area is 113 Å². The van der Waals surface area contributed by atoms with Gasteiger partial charge in [0.15, 0.2) is 5.82 Å². The van der Waals surface area contributed by atoms with Gasteiger partial charge in [0, 0.05) is 19.6 Å². The summed E-state index contributed by atoms with van der Waals surface area (Å²) >= 11 is 6.12. The molecule has 0 spiro atoms. The van der Waals surface area contributed by atoms with E-state index < -0.39 is 0 Å². The van der Waals surface area contributed by atoms with E-state index in [4.69, 9.17) is 16.3 Å². The van der Waals surface area contributed by atoms with Crippen molar-refractivity contribution in [3.63, 3.8) is 0 Å². The van der Waals surface area contributed by atoms with E-state index >= 15 is 0 Å². The van der Waals surface area contributed by atoms with Crippen LogP contribution in [-0.4, -0.2) is 43.3 Å². The molecule has 1 fully saturated rings. The molecule has 1 saturated heterocycles. The molecular weight excluding hydrogens is 252 g/mol. The Morgan fingerprint density at radius 3 is 3.06 bits per heavy atom. The molecule has 5 nitrogen and oxygen atoms in total. The van der Waals surface area contributed by atoms with E-state index in [2.05, 4.69) is 20.2 Å². The molecule has 0 aromatic carbocycles. The Kier molecular flexibility index (Phi) is 4.60. The molecule has 6 heteroatoms. The molecule has 100 valence electrons. The molecule has 1 aliphatic heterocycles. The highest BCUT2D eigenvalue weighted by molar-refractivity contribution is 6.32. The molecule has 0 bridgehead atoms. The molecule has 1 aromatic heterocycles. The first kappa shape index (κ1) is 13.4. The quantitative estimate of drug-likeness (QED) is 0.903. The van der Waals surface area contributed by atoms with Crippen molar-refractivity contribution in [2.45, 2.75) is 25.3 Å². The van der Waals surface area contributed by atoms with Crippen LogP contribution in [-0.2, 0) is 0 Å². The van der Waals surface area contributed by atoms with Gasteiger partial charge in [0.1, 0.15) is 5.02 Å². The molecule has 0 aliphatic carbocycles. The fourth-order valence-corrected chi connectivity index (χ4v) is 2.44. The molecule has 0 radical (unpaired) electrons. The lowest BCUT2D eigenvalue weighted by atomic mass is 10.0. The lowest BCUT2D eigenvalue weighted by Crippen LogP contribution is -2.42. The summed E-state index contributed by atoms with van der Waals surface area (Å²) in [6, 6.07) is 0.846. The van der Waals surface area contributed by atoms with Gasteiger partial charge in [0.2, 0.25) is 0 Å². The number of likely N-dealkylation sites (N-methyl/N-ethyl adjacent to an activating group) is 1. The van der Waals surface area contributed by atoms with Gasteiger partial charge in [-0.15, -0.1) is 0 Å². The van der Waals surface area contributed by atoms with Gasteiger partial charge in [-0.05, 0) is 19.4 Å². The largest absolute Gasteiger partial charge is 0.467 e. The average Bonchev–Trinajstić information content (AvgIpc) is 2.40. The summed E-state index contributed by atoms with van der Waals surface area (Å²) in [5.74, 6) is 0.718. The van der Waals surface area contributed by atoms with E-state index in [1.165, 1.54) is 19.3 Å². The monoisotopic (exact) mass is 270 g/mol. The maximum absolute atomic E-state index is 6.12. The smallest absolute Gasteiger partial charge is 0.318 e. The van der Waals surface area contributed by atoms with E-state index in [1.807, 2.05) is 7.05 Å². The van der Waals surface area contributed by atoms with Crippen molar-refractivity contribution >= 4 is 17.4 Å². The Hall–Kier alpha value is -1.07. The van der Waals surface area contributed by atoms with E-state index in [9.17, 15) is 0 Å². The van der Waals surface area contributed by atoms with Crippen LogP contribution >= 0.6 is 11.6 Å². The van der Waals surface area contributed by atoms with Crippen LogP contribution in [0.25, 0.3) is 0 Å². The average molecular weight is 271 g/mol. The summed E-state index contributed by atoms with van der Waals surface area (Å²) in [5.41, 5.74) is 0. The summed E-state index contributed by atoms with van der Waals surface area (Å²) in [6.07, 6.45) is 5.33. The highest BCUT2D eigenvalue weighted by Crippen LogP contribution is 2.24. The summed E-state index contributed by atoms with van der Waals surface area (Å²) < 4.78 is 5.03. The zero-order chi connectivity index (χ0) is 13.0. The van der Waals surface area contributed by atoms with Gasteiger partial charge in [-0.2, -0.15) is 4.98 Å². The SMILES string of the molecule is COc1ncc(Cl)c(N(C)CC2CCCCN2)n1. The fraction of sp³-hybridized carbons (Fsp3) is 0.667. The number of anilines is 1. The minimum absolute atomic E-state index is 0.345. The van der Waals surface area contributed by atoms with Gasteiger partial charge >= 0.3 is 6.01 Å². The minimum atomic E-state index is 0.345. The van der Waals surface area contributed by atoms with Crippen LogP contribution < -0.4 is 15.0 Å². The number of rotatable bonds is 4. The lowest BCUT2D eigenvalue weighted by Gasteiger charge is -2.29. The summed E-state index contributed by atoms with van der Waals surface area (Å²) in [7, 11) is 3.54. The number of halogens is 1. The molecule has 1 unspecified atom stereocenters. The number of methoxy groups -OCH3 is 1. The topological polar surface area (TPSA) is 50.3 Å². The van der Waals surface area contributed by atoms with Crippen molar-refractivity contribution in [1.29, 1.82) is 0 Å². The van der Waals surface area contributed by atoms with E-state index in [0.29, 0.717) is 17.1 Å². The Morgan fingerprint density at radius 2 is 2.39 bits per heavy atom. The first-order valence-electron chi connectivity index (χ1n) is 6.21. The molecule has 0 saturated carbocycles. The number of ether oxygens (including phenoxy) is 1. The van der Waals surface area contributed by atoms with Gasteiger partial charge in [-0.25, -0.2) is 4.98 Å². The summed E-state index contributed by atoms with van der Waals surface area (Å²) in [5, 5.41) is 4.06. The third-order valence-electron chi connectivity index (χ3n) is 3.15. The van der Waals surface area contributed by atoms with Crippen LogP contribution in [0, 0.1) is 0 Å². The van der Waals surface area contributed by atoms with Gasteiger partial charge in [-0.3, -0.25) is 0 Å². The standard InChI is InChI=1S/C12H19ClN4O/c1-17(8-9-5-3-4-6-14-9)11-10(13)7-15-12(16-11)18-2/h7,9,14H,3-6,8H2,1-2H3.